The summed E-state index contributed by atoms with van der Waals surface area (Å²) in [6, 6.07) is 10.4. The molecule has 0 bridgehead atoms. The molecule has 1 fully saturated rings. The molecule has 2 aromatic carbocycles. The molecule has 0 spiro atoms. The summed E-state index contributed by atoms with van der Waals surface area (Å²) >= 11 is 6.94. The van der Waals surface area contributed by atoms with Crippen LogP contribution in [0.15, 0.2) is 58.9 Å². The van der Waals surface area contributed by atoms with Crippen LogP contribution in [0.25, 0.3) is 0 Å². The van der Waals surface area contributed by atoms with Gasteiger partial charge in [0.1, 0.15) is 5.82 Å². The number of thiazole rings is 1. The summed E-state index contributed by atoms with van der Waals surface area (Å²) < 4.78 is 41.2. The molecule has 1 saturated heterocycles. The molecule has 3 aromatic rings. The van der Waals surface area contributed by atoms with Crippen molar-refractivity contribution >= 4 is 49.7 Å². The van der Waals surface area contributed by atoms with E-state index >= 15 is 0 Å². The van der Waals surface area contributed by atoms with Gasteiger partial charge in [-0.05, 0) is 49.4 Å². The molecule has 1 atom stereocenters. The number of carbonyl (C=O) groups excluding carboxylic acids is 1. The number of amides is 1. The van der Waals surface area contributed by atoms with Crippen molar-refractivity contribution in [2.45, 2.75) is 17.9 Å². The Kier molecular flexibility index (Phi) is 6.36. The lowest BCUT2D eigenvalue weighted by molar-refractivity contribution is 0.0674. The third kappa shape index (κ3) is 4.72. The zero-order chi connectivity index (χ0) is 22.9. The predicted octanol–water partition coefficient (Wildman–Crippen LogP) is 4.09. The van der Waals surface area contributed by atoms with Gasteiger partial charge in [-0.15, -0.1) is 11.3 Å². The summed E-state index contributed by atoms with van der Waals surface area (Å²) in [5.74, 6) is -0.661. The minimum atomic E-state index is -3.78. The predicted molar refractivity (Wildman–Crippen MR) is 123 cm³/mol. The molecule has 0 saturated carbocycles. The molecule has 11 heteroatoms. The van der Waals surface area contributed by atoms with Gasteiger partial charge in [0.05, 0.1) is 9.92 Å². The maximum Gasteiger partial charge on any atom is 0.263 e. The molecule has 7 nitrogen and oxygen atoms in total. The van der Waals surface area contributed by atoms with Crippen molar-refractivity contribution in [1.29, 1.82) is 0 Å². The minimum Gasteiger partial charge on any atom is -0.368 e. The number of anilines is 2. The first-order valence-electron chi connectivity index (χ1n) is 9.78. The number of hydrogen-bond donors (Lipinski definition) is 1. The SMILES string of the molecule is CC1CN(c2ccc(Cl)c(F)c2)CCN1C(=O)c1ccc(S(=O)(=O)Nc2nccs2)cc1. The van der Waals surface area contributed by atoms with Crippen molar-refractivity contribution in [2.24, 2.45) is 0 Å². The summed E-state index contributed by atoms with van der Waals surface area (Å²) in [4.78, 5) is 20.7. The molecule has 1 unspecified atom stereocenters. The van der Waals surface area contributed by atoms with Gasteiger partial charge in [0.25, 0.3) is 15.9 Å². The van der Waals surface area contributed by atoms with Crippen LogP contribution in [0.3, 0.4) is 0 Å². The first kappa shape index (κ1) is 22.5. The molecule has 1 amide bonds. The third-order valence-corrected chi connectivity index (χ3v) is 7.70. The summed E-state index contributed by atoms with van der Waals surface area (Å²) in [6.45, 7) is 3.46. The zero-order valence-corrected chi connectivity index (χ0v) is 19.4. The van der Waals surface area contributed by atoms with Gasteiger partial charge in [-0.25, -0.2) is 17.8 Å². The largest absolute Gasteiger partial charge is 0.368 e. The van der Waals surface area contributed by atoms with Gasteiger partial charge in [0, 0.05) is 48.5 Å². The number of rotatable bonds is 5. The van der Waals surface area contributed by atoms with Crippen molar-refractivity contribution in [3.05, 3.63) is 70.4 Å². The molecule has 2 heterocycles. The fourth-order valence-corrected chi connectivity index (χ4v) is 5.47. The van der Waals surface area contributed by atoms with E-state index in [0.29, 0.717) is 30.9 Å². The van der Waals surface area contributed by atoms with Crippen molar-refractivity contribution in [3.63, 3.8) is 0 Å². The number of sulfonamides is 1. The van der Waals surface area contributed by atoms with Crippen LogP contribution in [0.5, 0.6) is 0 Å². The Labute approximate surface area is 194 Å². The topological polar surface area (TPSA) is 82.6 Å². The van der Waals surface area contributed by atoms with Crippen LogP contribution in [0.2, 0.25) is 5.02 Å². The average Bonchev–Trinajstić information content (AvgIpc) is 3.27. The standard InChI is InChI=1S/C21H20ClFN4O3S2/c1-14-13-26(16-4-7-18(22)19(23)12-16)9-10-27(14)20(28)15-2-5-17(6-3-15)32(29,30)25-21-24-8-11-31-21/h2-8,11-12,14H,9-10,13H2,1H3,(H,24,25). The molecule has 1 N–H and O–H groups in total. The van der Waals surface area contributed by atoms with E-state index in [-0.39, 0.29) is 27.0 Å². The lowest BCUT2D eigenvalue weighted by atomic mass is 10.1. The van der Waals surface area contributed by atoms with Gasteiger partial charge < -0.3 is 9.80 Å². The Morgan fingerprint density at radius 3 is 2.59 bits per heavy atom. The van der Waals surface area contributed by atoms with Crippen LogP contribution < -0.4 is 9.62 Å². The minimum absolute atomic E-state index is 0.0480. The molecule has 1 aliphatic rings. The van der Waals surface area contributed by atoms with Gasteiger partial charge in [-0.2, -0.15) is 0 Å². The molecular weight excluding hydrogens is 475 g/mol. The van der Waals surface area contributed by atoms with Crippen LogP contribution in [0.1, 0.15) is 17.3 Å². The maximum absolute atomic E-state index is 13.8. The van der Waals surface area contributed by atoms with E-state index in [0.717, 1.165) is 0 Å². The Balaban J connectivity index is 1.43. The van der Waals surface area contributed by atoms with Gasteiger partial charge in [-0.1, -0.05) is 11.6 Å². The molecule has 4 rings (SSSR count). The second kappa shape index (κ2) is 9.05. The van der Waals surface area contributed by atoms with E-state index in [1.165, 1.54) is 53.9 Å². The molecule has 32 heavy (non-hydrogen) atoms. The smallest absolute Gasteiger partial charge is 0.263 e. The Bertz CT molecular complexity index is 1220. The lowest BCUT2D eigenvalue weighted by Crippen LogP contribution is -2.54. The van der Waals surface area contributed by atoms with Crippen LogP contribution in [0.4, 0.5) is 15.2 Å². The van der Waals surface area contributed by atoms with Gasteiger partial charge in [0.15, 0.2) is 5.13 Å². The molecule has 168 valence electrons. The van der Waals surface area contributed by atoms with Crippen LogP contribution in [0, 0.1) is 5.82 Å². The number of halogens is 2. The number of nitrogens with zero attached hydrogens (tertiary/aromatic N) is 3. The highest BCUT2D eigenvalue weighted by Crippen LogP contribution is 2.25. The normalized spacial score (nSPS) is 16.8. The zero-order valence-electron chi connectivity index (χ0n) is 17.0. The molecule has 0 aliphatic carbocycles. The highest BCUT2D eigenvalue weighted by molar-refractivity contribution is 7.93. The van der Waals surface area contributed by atoms with Gasteiger partial charge >= 0.3 is 0 Å². The first-order valence-corrected chi connectivity index (χ1v) is 12.5. The van der Waals surface area contributed by atoms with Crippen molar-refractivity contribution in [2.75, 3.05) is 29.3 Å². The molecule has 0 radical (unpaired) electrons. The fourth-order valence-electron chi connectivity index (χ4n) is 3.57. The van der Waals surface area contributed by atoms with Crippen molar-refractivity contribution in [3.8, 4) is 0 Å². The van der Waals surface area contributed by atoms with Crippen molar-refractivity contribution in [1.82, 2.24) is 9.88 Å². The summed E-state index contributed by atoms with van der Waals surface area (Å²) in [5.41, 5.74) is 1.11. The average molecular weight is 495 g/mol. The van der Waals surface area contributed by atoms with E-state index in [1.54, 1.807) is 16.3 Å². The number of benzene rings is 2. The number of piperazine rings is 1. The van der Waals surface area contributed by atoms with E-state index < -0.39 is 15.8 Å². The van der Waals surface area contributed by atoms with Crippen LogP contribution >= 0.6 is 22.9 Å². The monoisotopic (exact) mass is 494 g/mol. The maximum atomic E-state index is 13.8. The molecular formula is C21H20ClFN4O3S2. The van der Waals surface area contributed by atoms with Gasteiger partial charge in [0.2, 0.25) is 0 Å². The Morgan fingerprint density at radius 1 is 1.22 bits per heavy atom. The summed E-state index contributed by atoms with van der Waals surface area (Å²) in [7, 11) is -3.78. The first-order chi connectivity index (χ1) is 15.2. The molecule has 1 aliphatic heterocycles. The fraction of sp³-hybridized carbons (Fsp3) is 0.238. The highest BCUT2D eigenvalue weighted by Gasteiger charge is 2.29. The number of hydrogen-bond acceptors (Lipinski definition) is 6. The third-order valence-electron chi connectivity index (χ3n) is 5.22. The number of nitrogens with one attached hydrogen (secondary N) is 1. The number of carbonyl (C=O) groups is 1. The Morgan fingerprint density at radius 2 is 1.97 bits per heavy atom. The van der Waals surface area contributed by atoms with E-state index in [9.17, 15) is 17.6 Å². The van der Waals surface area contributed by atoms with Crippen molar-refractivity contribution < 1.29 is 17.6 Å². The van der Waals surface area contributed by atoms with E-state index in [2.05, 4.69) is 9.71 Å². The summed E-state index contributed by atoms with van der Waals surface area (Å²) in [6.07, 6.45) is 1.51. The highest BCUT2D eigenvalue weighted by atomic mass is 35.5. The quantitative estimate of drug-likeness (QED) is 0.577. The summed E-state index contributed by atoms with van der Waals surface area (Å²) in [5, 5.41) is 2.02. The van der Waals surface area contributed by atoms with E-state index in [4.69, 9.17) is 11.6 Å². The van der Waals surface area contributed by atoms with E-state index in [1.807, 2.05) is 11.8 Å². The number of aromatic nitrogens is 1. The van der Waals surface area contributed by atoms with Crippen LogP contribution in [-0.4, -0.2) is 49.9 Å². The van der Waals surface area contributed by atoms with Crippen LogP contribution in [-0.2, 0) is 10.0 Å². The second-order valence-corrected chi connectivity index (χ2v) is 10.3. The lowest BCUT2D eigenvalue weighted by Gasteiger charge is -2.41. The second-order valence-electron chi connectivity index (χ2n) is 7.36. The molecule has 1 aromatic heterocycles. The van der Waals surface area contributed by atoms with Gasteiger partial charge in [-0.3, -0.25) is 9.52 Å². The Hall–Kier alpha value is -2.69.